The lowest BCUT2D eigenvalue weighted by Crippen LogP contribution is -2.62. The van der Waals surface area contributed by atoms with E-state index in [-0.39, 0.29) is 42.2 Å². The molecular weight excluding hydrogens is 542 g/mol. The second-order valence-corrected chi connectivity index (χ2v) is 14.8. The topological polar surface area (TPSA) is 90.4 Å². The zero-order chi connectivity index (χ0) is 32.1. The van der Waals surface area contributed by atoms with Gasteiger partial charge in [-0.15, -0.1) is 13.2 Å². The van der Waals surface area contributed by atoms with E-state index in [4.69, 9.17) is 4.74 Å². The van der Waals surface area contributed by atoms with Gasteiger partial charge in [0, 0.05) is 24.3 Å². The summed E-state index contributed by atoms with van der Waals surface area (Å²) in [6, 6.07) is 7.73. The fourth-order valence-electron chi connectivity index (χ4n) is 8.43. The van der Waals surface area contributed by atoms with Gasteiger partial charge in [-0.05, 0) is 64.0 Å². The first-order valence-electron chi connectivity index (χ1n) is 15.5. The van der Waals surface area contributed by atoms with Crippen LogP contribution in [0, 0.1) is 23.2 Å². The summed E-state index contributed by atoms with van der Waals surface area (Å²) in [6.45, 7) is 24.3. The van der Waals surface area contributed by atoms with Gasteiger partial charge in [-0.1, -0.05) is 58.0 Å². The first-order chi connectivity index (χ1) is 20.0. The van der Waals surface area contributed by atoms with E-state index in [1.165, 1.54) is 4.90 Å². The number of hydrogen-bond donors (Lipinski definition) is 1. The van der Waals surface area contributed by atoms with E-state index in [0.29, 0.717) is 18.7 Å². The summed E-state index contributed by atoms with van der Waals surface area (Å²) in [5.74, 6) is -2.54. The molecule has 3 saturated heterocycles. The second kappa shape index (κ2) is 11.5. The molecule has 3 aliphatic heterocycles. The van der Waals surface area contributed by atoms with Crippen LogP contribution in [0.1, 0.15) is 68.2 Å². The minimum absolute atomic E-state index is 0.0680. The summed E-state index contributed by atoms with van der Waals surface area (Å²) in [4.78, 5) is 49.1. The Hall–Kier alpha value is -2.97. The van der Waals surface area contributed by atoms with E-state index < -0.39 is 40.7 Å². The molecule has 43 heavy (non-hydrogen) atoms. The van der Waals surface area contributed by atoms with E-state index in [9.17, 15) is 19.5 Å². The van der Waals surface area contributed by atoms with Crippen molar-refractivity contribution in [1.82, 2.24) is 9.80 Å². The van der Waals surface area contributed by atoms with E-state index in [1.54, 1.807) is 24.0 Å². The molecule has 3 fully saturated rings. The number of nitrogens with zero attached hydrogens (tertiary/aromatic N) is 3. The van der Waals surface area contributed by atoms with Crippen LogP contribution < -0.4 is 4.90 Å². The van der Waals surface area contributed by atoms with Crippen LogP contribution >= 0.6 is 0 Å². The molecule has 3 unspecified atom stereocenters. The van der Waals surface area contributed by atoms with E-state index in [2.05, 4.69) is 33.9 Å². The minimum Gasteiger partial charge on any atom is -0.394 e. The van der Waals surface area contributed by atoms with Gasteiger partial charge in [0.1, 0.15) is 11.6 Å². The summed E-state index contributed by atoms with van der Waals surface area (Å²) in [5.41, 5.74) is -2.09. The zero-order valence-electron chi connectivity index (χ0n) is 27.3. The van der Waals surface area contributed by atoms with Crippen molar-refractivity contribution in [3.8, 4) is 0 Å². The molecule has 7 atom stereocenters. The number of fused-ring (bicyclic) bond motifs is 1. The molecular formula is C35H51N3O5. The molecule has 1 aromatic rings. The van der Waals surface area contributed by atoms with Crippen LogP contribution in [0.3, 0.4) is 0 Å². The molecule has 1 spiro atoms. The second-order valence-electron chi connectivity index (χ2n) is 14.8. The molecule has 3 amide bonds. The predicted molar refractivity (Wildman–Crippen MR) is 169 cm³/mol. The first-order valence-corrected chi connectivity index (χ1v) is 15.5. The number of aliphatic hydroxyl groups is 1. The molecule has 1 aromatic carbocycles. The highest BCUT2D eigenvalue weighted by molar-refractivity contribution is 6.03. The van der Waals surface area contributed by atoms with Crippen LogP contribution in [0.2, 0.25) is 0 Å². The number of likely N-dealkylation sites (tertiary alicyclic amines) is 1. The fraction of sp³-hybridized carbons (Fsp3) is 0.629. The summed E-state index contributed by atoms with van der Waals surface area (Å²) < 4.78 is 6.96. The highest BCUT2D eigenvalue weighted by Crippen LogP contribution is 2.66. The molecule has 0 aliphatic carbocycles. The monoisotopic (exact) mass is 593 g/mol. The molecule has 0 aromatic heterocycles. The van der Waals surface area contributed by atoms with E-state index in [0.717, 1.165) is 6.42 Å². The maximum absolute atomic E-state index is 14.9. The fourth-order valence-corrected chi connectivity index (χ4v) is 8.43. The highest BCUT2D eigenvalue weighted by Gasteiger charge is 2.80. The minimum atomic E-state index is -1.21. The first kappa shape index (κ1) is 32.9. The highest BCUT2D eigenvalue weighted by atomic mass is 16.5. The number of hydrogen-bond acceptors (Lipinski definition) is 5. The van der Waals surface area contributed by atoms with Crippen LogP contribution in [0.25, 0.3) is 0 Å². The number of carbonyl (C=O) groups excluding carboxylic acids is 3. The molecule has 0 radical (unpaired) electrons. The predicted octanol–water partition coefficient (Wildman–Crippen LogP) is 4.83. The van der Waals surface area contributed by atoms with Gasteiger partial charge in [-0.2, -0.15) is 0 Å². The average molecular weight is 594 g/mol. The normalized spacial score (nSPS) is 30.6. The Morgan fingerprint density at radius 1 is 1.12 bits per heavy atom. The third kappa shape index (κ3) is 5.35. The van der Waals surface area contributed by atoms with Crippen molar-refractivity contribution in [1.29, 1.82) is 0 Å². The van der Waals surface area contributed by atoms with Gasteiger partial charge < -0.3 is 24.5 Å². The largest absolute Gasteiger partial charge is 0.394 e. The number of para-hydroxylation sites is 1. The maximum Gasteiger partial charge on any atom is 0.249 e. The number of anilines is 1. The SMILES string of the molecule is C=CCN(C(=O)[C@@H]1[C@H]2C(=O)N([C@H](C)CO)C(C(=O)N(CC=C)C(C)(C)CC(C)(C)C)C23CC(C)[C@@]1(C)O3)c1ccccc1. The van der Waals surface area contributed by atoms with Crippen LogP contribution in [0.15, 0.2) is 55.6 Å². The lowest BCUT2D eigenvalue weighted by atomic mass is 9.62. The molecule has 3 aliphatic rings. The average Bonchev–Trinajstić information content (AvgIpc) is 3.44. The van der Waals surface area contributed by atoms with Crippen molar-refractivity contribution < 1.29 is 24.2 Å². The Kier molecular flexibility index (Phi) is 8.82. The van der Waals surface area contributed by atoms with Crippen LogP contribution in [0.4, 0.5) is 5.69 Å². The number of rotatable bonds is 11. The Morgan fingerprint density at radius 2 is 1.72 bits per heavy atom. The van der Waals surface area contributed by atoms with Crippen LogP contribution in [-0.2, 0) is 19.1 Å². The van der Waals surface area contributed by atoms with Crippen molar-refractivity contribution in [3.63, 3.8) is 0 Å². The lowest BCUT2D eigenvalue weighted by molar-refractivity contribution is -0.159. The van der Waals surface area contributed by atoms with Gasteiger partial charge >= 0.3 is 0 Å². The van der Waals surface area contributed by atoms with Crippen molar-refractivity contribution in [2.75, 3.05) is 24.6 Å². The number of benzene rings is 1. The third-order valence-corrected chi connectivity index (χ3v) is 9.91. The molecule has 4 rings (SSSR count). The molecule has 8 nitrogen and oxygen atoms in total. The summed E-state index contributed by atoms with van der Waals surface area (Å²) >= 11 is 0. The molecule has 8 heteroatoms. The maximum atomic E-state index is 14.9. The standard InChI is InChI=1S/C35H51N3O5/c1-11-18-36(25-16-14-13-15-17-25)29(40)26-27-30(41)38(24(4)21-39)28(35(27)20-23(3)34(26,10)43-35)31(42)37(19-12-2)33(8,9)22-32(5,6)7/h11-17,23-24,26-28,39H,1-2,18-22H2,3-10H3/t23?,24-,26+,27+,28?,34-,35?/m1/s1. The van der Waals surface area contributed by atoms with Crippen molar-refractivity contribution in [2.24, 2.45) is 23.2 Å². The van der Waals surface area contributed by atoms with Gasteiger partial charge in [0.15, 0.2) is 0 Å². The van der Waals surface area contributed by atoms with E-state index in [1.807, 2.05) is 62.9 Å². The quantitative estimate of drug-likeness (QED) is 0.372. The van der Waals surface area contributed by atoms with Gasteiger partial charge in [0.25, 0.3) is 0 Å². The smallest absolute Gasteiger partial charge is 0.249 e. The van der Waals surface area contributed by atoms with Crippen molar-refractivity contribution in [3.05, 3.63) is 55.6 Å². The molecule has 0 saturated carbocycles. The lowest BCUT2D eigenvalue weighted by Gasteiger charge is -2.46. The van der Waals surface area contributed by atoms with E-state index >= 15 is 0 Å². The summed E-state index contributed by atoms with van der Waals surface area (Å²) in [5, 5.41) is 10.3. The number of ether oxygens (including phenoxy) is 1. The van der Waals surface area contributed by atoms with Crippen LogP contribution in [0.5, 0.6) is 0 Å². The van der Waals surface area contributed by atoms with Gasteiger partial charge in [-0.3, -0.25) is 14.4 Å². The van der Waals surface area contributed by atoms with Crippen LogP contribution in [-0.4, -0.2) is 81.1 Å². The Balaban J connectivity index is 1.86. The molecule has 3 heterocycles. The van der Waals surface area contributed by atoms with Crippen molar-refractivity contribution in [2.45, 2.75) is 97.1 Å². The Bertz CT molecular complexity index is 1260. The van der Waals surface area contributed by atoms with Gasteiger partial charge in [-0.25, -0.2) is 0 Å². The third-order valence-electron chi connectivity index (χ3n) is 9.91. The molecule has 236 valence electrons. The van der Waals surface area contributed by atoms with Crippen molar-refractivity contribution >= 4 is 23.4 Å². The number of aliphatic hydroxyl groups excluding tert-OH is 1. The molecule has 1 N–H and O–H groups in total. The number of carbonyl (C=O) groups is 3. The summed E-state index contributed by atoms with van der Waals surface area (Å²) in [6.07, 6.45) is 4.57. The van der Waals surface area contributed by atoms with Gasteiger partial charge in [0.05, 0.1) is 30.1 Å². The zero-order valence-corrected chi connectivity index (χ0v) is 27.3. The Morgan fingerprint density at radius 3 is 2.26 bits per heavy atom. The number of amides is 3. The summed E-state index contributed by atoms with van der Waals surface area (Å²) in [7, 11) is 0. The Labute approximate surface area is 257 Å². The van der Waals surface area contributed by atoms with Gasteiger partial charge in [0.2, 0.25) is 17.7 Å². The molecule has 2 bridgehead atoms.